The van der Waals surface area contributed by atoms with Crippen molar-refractivity contribution in [3.05, 3.63) is 24.3 Å². The summed E-state index contributed by atoms with van der Waals surface area (Å²) < 4.78 is 4.49. The minimum atomic E-state index is -0.194. The zero-order valence-corrected chi connectivity index (χ0v) is 7.29. The Bertz CT molecular complexity index is 160. The van der Waals surface area contributed by atoms with Crippen molar-refractivity contribution in [2.75, 3.05) is 7.11 Å². The summed E-state index contributed by atoms with van der Waals surface area (Å²) in [4.78, 5) is 10.7. The first kappa shape index (κ1) is 9.57. The molecule has 3 heteroatoms. The van der Waals surface area contributed by atoms with Crippen LogP contribution in [-0.4, -0.2) is 13.1 Å². The van der Waals surface area contributed by atoms with Crippen molar-refractivity contribution < 1.29 is 29.0 Å². The summed E-state index contributed by atoms with van der Waals surface area (Å²) in [6, 6.07) is 0. The fourth-order valence-corrected chi connectivity index (χ4v) is 0.725. The summed E-state index contributed by atoms with van der Waals surface area (Å²) in [6.45, 7) is 0. The number of carbonyl (C=O) groups excluding carboxylic acids is 1. The molecule has 0 saturated carbocycles. The van der Waals surface area contributed by atoms with Crippen molar-refractivity contribution in [2.24, 2.45) is 5.92 Å². The number of rotatable bonds is 1. The van der Waals surface area contributed by atoms with Crippen LogP contribution in [-0.2, 0) is 29.0 Å². The molecule has 1 aliphatic carbocycles. The molecule has 0 unspecified atom stereocenters. The molecule has 1 rings (SSSR count). The summed E-state index contributed by atoms with van der Waals surface area (Å²) in [5, 5.41) is 0. The Morgan fingerprint density at radius 1 is 1.40 bits per heavy atom. The van der Waals surface area contributed by atoms with Crippen LogP contribution in [0.25, 0.3) is 0 Å². The number of allylic oxidation sites excluding steroid dienone is 2. The van der Waals surface area contributed by atoms with E-state index in [0.29, 0.717) is 0 Å². The van der Waals surface area contributed by atoms with Crippen LogP contribution in [0.5, 0.6) is 0 Å². The van der Waals surface area contributed by atoms with Gasteiger partial charge in [0.1, 0.15) is 0 Å². The first-order valence-corrected chi connectivity index (χ1v) is 2.77. The van der Waals surface area contributed by atoms with Crippen LogP contribution < -0.4 is 0 Å². The van der Waals surface area contributed by atoms with Crippen molar-refractivity contribution in [2.45, 2.75) is 0 Å². The molecule has 0 bridgehead atoms. The van der Waals surface area contributed by atoms with E-state index < -0.39 is 0 Å². The molecule has 2 nitrogen and oxygen atoms in total. The van der Waals surface area contributed by atoms with Gasteiger partial charge in [0.2, 0.25) is 0 Å². The monoisotopic (exact) mass is 226 g/mol. The van der Waals surface area contributed by atoms with E-state index in [1.807, 2.05) is 12.2 Å². The smallest absolute Gasteiger partial charge is 0.316 e. The molecule has 0 fully saturated rings. The fraction of sp³-hybridized carbons (Fsp3) is 0.286. The van der Waals surface area contributed by atoms with Gasteiger partial charge in [0, 0.05) is 19.5 Å². The van der Waals surface area contributed by atoms with Crippen molar-refractivity contribution in [3.63, 3.8) is 0 Å². The Morgan fingerprint density at radius 2 is 1.90 bits per heavy atom. The van der Waals surface area contributed by atoms with E-state index in [-0.39, 0.29) is 31.4 Å². The maximum atomic E-state index is 10.7. The third-order valence-electron chi connectivity index (χ3n) is 1.22. The van der Waals surface area contributed by atoms with E-state index in [0.717, 1.165) is 0 Å². The first-order valence-electron chi connectivity index (χ1n) is 2.77. The van der Waals surface area contributed by atoms with Gasteiger partial charge in [-0.25, -0.2) is 0 Å². The molecule has 0 amide bonds. The minimum absolute atomic E-state index is 0. The standard InChI is InChI=1S/C7H8O2.Ru/c1-9-7(8)6-4-2-3-5-6;/h2-6H,1H3;. The zero-order valence-electron chi connectivity index (χ0n) is 5.56. The molecule has 0 saturated heterocycles. The van der Waals surface area contributed by atoms with Gasteiger partial charge in [-0.15, -0.1) is 0 Å². The van der Waals surface area contributed by atoms with E-state index in [9.17, 15) is 4.79 Å². The summed E-state index contributed by atoms with van der Waals surface area (Å²) in [5.74, 6) is -0.338. The molecule has 0 aliphatic heterocycles. The number of esters is 1. The molecule has 0 spiro atoms. The second-order valence-corrected chi connectivity index (χ2v) is 1.82. The Balaban J connectivity index is 0.000000810. The molecule has 0 aromatic heterocycles. The third-order valence-corrected chi connectivity index (χ3v) is 1.22. The van der Waals surface area contributed by atoms with Gasteiger partial charge < -0.3 is 4.74 Å². The average molecular weight is 225 g/mol. The van der Waals surface area contributed by atoms with Crippen molar-refractivity contribution in [1.29, 1.82) is 0 Å². The van der Waals surface area contributed by atoms with E-state index >= 15 is 0 Å². The normalized spacial score (nSPS) is 14.9. The molecule has 0 heterocycles. The van der Waals surface area contributed by atoms with Gasteiger partial charge in [-0.1, -0.05) is 24.3 Å². The van der Waals surface area contributed by atoms with Gasteiger partial charge in [0.05, 0.1) is 13.0 Å². The van der Waals surface area contributed by atoms with Crippen molar-refractivity contribution in [1.82, 2.24) is 0 Å². The zero-order chi connectivity index (χ0) is 6.69. The van der Waals surface area contributed by atoms with E-state index in [1.165, 1.54) is 7.11 Å². The van der Waals surface area contributed by atoms with Gasteiger partial charge in [-0.3, -0.25) is 4.79 Å². The predicted molar refractivity (Wildman–Crippen MR) is 33.8 cm³/mol. The molecule has 0 atom stereocenters. The second kappa shape index (κ2) is 4.40. The average Bonchev–Trinajstić information content (AvgIpc) is 2.37. The summed E-state index contributed by atoms with van der Waals surface area (Å²) in [5.41, 5.74) is 0. The van der Waals surface area contributed by atoms with E-state index in [2.05, 4.69) is 4.74 Å². The van der Waals surface area contributed by atoms with Crippen LogP contribution >= 0.6 is 0 Å². The molecule has 0 N–H and O–H groups in total. The van der Waals surface area contributed by atoms with E-state index in [4.69, 9.17) is 0 Å². The van der Waals surface area contributed by atoms with Crippen LogP contribution in [0.15, 0.2) is 24.3 Å². The Labute approximate surface area is 72.7 Å². The molecule has 0 radical (unpaired) electrons. The second-order valence-electron chi connectivity index (χ2n) is 1.82. The van der Waals surface area contributed by atoms with Crippen LogP contribution in [0, 0.1) is 5.92 Å². The quantitative estimate of drug-likeness (QED) is 0.489. The van der Waals surface area contributed by atoms with Crippen molar-refractivity contribution >= 4 is 5.97 Å². The number of methoxy groups -OCH3 is 1. The number of ether oxygens (including phenoxy) is 1. The van der Waals surface area contributed by atoms with Crippen molar-refractivity contribution in [3.8, 4) is 0 Å². The summed E-state index contributed by atoms with van der Waals surface area (Å²) >= 11 is 0. The molecular weight excluding hydrogens is 217 g/mol. The van der Waals surface area contributed by atoms with Gasteiger partial charge in [0.25, 0.3) is 0 Å². The number of carbonyl (C=O) groups is 1. The van der Waals surface area contributed by atoms with Gasteiger partial charge >= 0.3 is 5.97 Å². The maximum absolute atomic E-state index is 10.7. The van der Waals surface area contributed by atoms with Crippen LogP contribution in [0.1, 0.15) is 0 Å². The topological polar surface area (TPSA) is 26.3 Å². The maximum Gasteiger partial charge on any atom is 0.316 e. The molecule has 0 aromatic rings. The van der Waals surface area contributed by atoms with Gasteiger partial charge in [0.15, 0.2) is 0 Å². The summed E-state index contributed by atoms with van der Waals surface area (Å²) in [7, 11) is 1.39. The Morgan fingerprint density at radius 3 is 2.30 bits per heavy atom. The fourth-order valence-electron chi connectivity index (χ4n) is 0.725. The first-order chi connectivity index (χ1) is 4.34. The van der Waals surface area contributed by atoms with Gasteiger partial charge in [-0.2, -0.15) is 0 Å². The van der Waals surface area contributed by atoms with E-state index in [1.54, 1.807) is 12.2 Å². The molecule has 56 valence electrons. The van der Waals surface area contributed by atoms with Crippen LogP contribution in [0.3, 0.4) is 0 Å². The number of hydrogen-bond acceptors (Lipinski definition) is 2. The third kappa shape index (κ3) is 2.07. The largest absolute Gasteiger partial charge is 0.468 e. The molecule has 0 aromatic carbocycles. The van der Waals surface area contributed by atoms with Gasteiger partial charge in [-0.05, 0) is 0 Å². The number of hydrogen-bond donors (Lipinski definition) is 0. The molecule has 10 heavy (non-hydrogen) atoms. The summed E-state index contributed by atoms with van der Waals surface area (Å²) in [6.07, 6.45) is 7.26. The molecular formula is C7H8O2Ru. The predicted octanol–water partition coefficient (Wildman–Crippen LogP) is 0.899. The SMILES string of the molecule is COC(=O)C1C=CC=C1.[Ru]. The van der Waals surface area contributed by atoms with Crippen LogP contribution in [0.2, 0.25) is 0 Å². The molecule has 1 aliphatic rings. The van der Waals surface area contributed by atoms with Crippen LogP contribution in [0.4, 0.5) is 0 Å². The minimum Gasteiger partial charge on any atom is -0.468 e. The Hall–Kier alpha value is -0.427. The Kier molecular flexibility index (Phi) is 4.21.